The van der Waals surface area contributed by atoms with Crippen LogP contribution in [0.3, 0.4) is 0 Å². The minimum atomic E-state index is -3.66. The number of hydrogen-bond acceptors (Lipinski definition) is 9. The normalized spacial score (nSPS) is 13.6. The van der Waals surface area contributed by atoms with Gasteiger partial charge in [-0.25, -0.2) is 17.7 Å². The molecule has 1 heterocycles. The molecule has 2 aromatic rings. The second kappa shape index (κ2) is 12.0. The quantitative estimate of drug-likeness (QED) is 0.388. The molecule has 0 saturated carbocycles. The van der Waals surface area contributed by atoms with Crippen molar-refractivity contribution in [3.63, 3.8) is 0 Å². The Kier molecular flexibility index (Phi) is 9.57. The monoisotopic (exact) mass is 509 g/mol. The summed E-state index contributed by atoms with van der Waals surface area (Å²) in [5.74, 6) is -0.511. The predicted molar refractivity (Wildman–Crippen MR) is 130 cm³/mol. The van der Waals surface area contributed by atoms with Crippen LogP contribution in [0.5, 0.6) is 17.4 Å². The molecule has 0 unspecified atom stereocenters. The van der Waals surface area contributed by atoms with Crippen molar-refractivity contribution >= 4 is 28.0 Å². The van der Waals surface area contributed by atoms with Gasteiger partial charge in [0.05, 0.1) is 43.3 Å². The van der Waals surface area contributed by atoms with Gasteiger partial charge in [-0.1, -0.05) is 26.0 Å². The highest BCUT2D eigenvalue weighted by molar-refractivity contribution is 7.92. The van der Waals surface area contributed by atoms with Crippen LogP contribution in [0, 0.1) is 0 Å². The molecule has 0 aliphatic heterocycles. The van der Waals surface area contributed by atoms with Crippen LogP contribution >= 0.6 is 0 Å². The van der Waals surface area contributed by atoms with Crippen LogP contribution in [0.1, 0.15) is 43.9 Å². The fraction of sp³-hybridized carbons (Fsp3) is 0.435. The standard InChI is InChI=1S/C23H31N3O8S/c1-14(2)21-19(10-9-15(27)11-16(28)12-20(29)30)22(25-23(24-21)26(3)35(5,31)32)34-18-8-6-7-17(13-18)33-4/h6-10,13-16,27-28H,11-12H2,1-5H3,(H,29,30)/b10-9+/t15-,16-/m1/s1. The lowest BCUT2D eigenvalue weighted by Gasteiger charge is -2.20. The van der Waals surface area contributed by atoms with Crippen molar-refractivity contribution in [2.75, 3.05) is 24.7 Å². The van der Waals surface area contributed by atoms with Gasteiger partial charge in [0.15, 0.2) is 0 Å². The van der Waals surface area contributed by atoms with E-state index >= 15 is 0 Å². The van der Waals surface area contributed by atoms with Crippen molar-refractivity contribution in [1.29, 1.82) is 0 Å². The van der Waals surface area contributed by atoms with E-state index in [4.69, 9.17) is 14.6 Å². The molecule has 12 heteroatoms. The number of methoxy groups -OCH3 is 1. The smallest absolute Gasteiger partial charge is 0.305 e. The molecule has 0 saturated heterocycles. The summed E-state index contributed by atoms with van der Waals surface area (Å²) in [6, 6.07) is 6.74. The molecule has 0 aliphatic rings. The number of hydrogen-bond donors (Lipinski definition) is 3. The number of sulfonamides is 1. The number of nitrogens with zero attached hydrogens (tertiary/aromatic N) is 3. The third-order valence-corrected chi connectivity index (χ3v) is 6.08. The number of aromatic nitrogens is 2. The van der Waals surface area contributed by atoms with E-state index in [2.05, 4.69) is 9.97 Å². The Morgan fingerprint density at radius 2 is 1.86 bits per heavy atom. The van der Waals surface area contributed by atoms with Crippen molar-refractivity contribution < 1.29 is 38.0 Å². The number of ether oxygens (including phenoxy) is 2. The number of aliphatic hydroxyl groups is 2. The molecule has 2 rings (SSSR count). The first kappa shape index (κ1) is 28.0. The molecule has 0 aliphatic carbocycles. The van der Waals surface area contributed by atoms with Crippen LogP contribution in [-0.4, -0.2) is 72.3 Å². The molecule has 1 aromatic carbocycles. The Bertz CT molecular complexity index is 1170. The molecule has 3 N–H and O–H groups in total. The van der Waals surface area contributed by atoms with E-state index < -0.39 is 34.6 Å². The first-order valence-corrected chi connectivity index (χ1v) is 12.6. The topological polar surface area (TPSA) is 159 Å². The van der Waals surface area contributed by atoms with Crippen LogP contribution in [0.15, 0.2) is 30.3 Å². The van der Waals surface area contributed by atoms with Crippen molar-refractivity contribution in [2.45, 2.75) is 44.8 Å². The van der Waals surface area contributed by atoms with Gasteiger partial charge in [-0.15, -0.1) is 0 Å². The number of carboxylic acids is 1. The van der Waals surface area contributed by atoms with Crippen LogP contribution in [0.25, 0.3) is 6.08 Å². The second-order valence-electron chi connectivity index (χ2n) is 8.21. The Morgan fingerprint density at radius 1 is 1.20 bits per heavy atom. The Morgan fingerprint density at radius 3 is 2.43 bits per heavy atom. The van der Waals surface area contributed by atoms with E-state index in [1.165, 1.54) is 26.3 Å². The summed E-state index contributed by atoms with van der Waals surface area (Å²) >= 11 is 0. The molecule has 35 heavy (non-hydrogen) atoms. The van der Waals surface area contributed by atoms with E-state index in [0.29, 0.717) is 22.8 Å². The largest absolute Gasteiger partial charge is 0.497 e. The van der Waals surface area contributed by atoms with Gasteiger partial charge in [-0.05, 0) is 24.1 Å². The zero-order valence-corrected chi connectivity index (χ0v) is 21.1. The molecule has 11 nitrogen and oxygen atoms in total. The summed E-state index contributed by atoms with van der Waals surface area (Å²) in [6.45, 7) is 3.71. The van der Waals surface area contributed by atoms with Gasteiger partial charge in [0, 0.05) is 19.5 Å². The fourth-order valence-corrected chi connectivity index (χ4v) is 3.42. The SMILES string of the molecule is COc1cccc(Oc2nc(N(C)S(C)(=O)=O)nc(C(C)C)c2/C=C/[C@@H](O)C[C@@H](O)CC(=O)O)c1. The van der Waals surface area contributed by atoms with Crippen LogP contribution in [-0.2, 0) is 14.8 Å². The van der Waals surface area contributed by atoms with Crippen molar-refractivity contribution in [1.82, 2.24) is 9.97 Å². The zero-order valence-electron chi connectivity index (χ0n) is 20.2. The maximum atomic E-state index is 12.1. The lowest BCUT2D eigenvalue weighted by Crippen LogP contribution is -2.27. The van der Waals surface area contributed by atoms with Crippen LogP contribution < -0.4 is 13.8 Å². The highest BCUT2D eigenvalue weighted by Gasteiger charge is 2.23. The van der Waals surface area contributed by atoms with Gasteiger partial charge in [0.25, 0.3) is 0 Å². The maximum absolute atomic E-state index is 12.1. The molecular formula is C23H31N3O8S. The third-order valence-electron chi connectivity index (χ3n) is 4.92. The third kappa shape index (κ3) is 8.19. The number of benzene rings is 1. The maximum Gasteiger partial charge on any atom is 0.305 e. The summed E-state index contributed by atoms with van der Waals surface area (Å²) in [7, 11) is -0.827. The summed E-state index contributed by atoms with van der Waals surface area (Å²) in [4.78, 5) is 19.5. The summed E-state index contributed by atoms with van der Waals surface area (Å²) in [5.41, 5.74) is 0.846. The van der Waals surface area contributed by atoms with Gasteiger partial charge in [-0.2, -0.15) is 4.98 Å². The summed E-state index contributed by atoms with van der Waals surface area (Å²) < 4.78 is 36.4. The van der Waals surface area contributed by atoms with Crippen LogP contribution in [0.2, 0.25) is 0 Å². The molecule has 0 fully saturated rings. The molecule has 1 aromatic heterocycles. The minimum Gasteiger partial charge on any atom is -0.497 e. The van der Waals surface area contributed by atoms with Crippen LogP contribution in [0.4, 0.5) is 5.95 Å². The Balaban J connectivity index is 2.57. The summed E-state index contributed by atoms with van der Waals surface area (Å²) in [5, 5.41) is 28.9. The Labute approximate surface area is 204 Å². The van der Waals surface area contributed by atoms with Gasteiger partial charge in [-0.3, -0.25) is 4.79 Å². The first-order valence-electron chi connectivity index (χ1n) is 10.8. The van der Waals surface area contributed by atoms with Gasteiger partial charge >= 0.3 is 5.97 Å². The number of carbonyl (C=O) groups is 1. The van der Waals surface area contributed by atoms with Crippen molar-refractivity contribution in [3.8, 4) is 17.4 Å². The Hall–Kier alpha value is -3.22. The zero-order chi connectivity index (χ0) is 26.3. The fourth-order valence-electron chi connectivity index (χ4n) is 3.04. The molecule has 0 amide bonds. The molecule has 0 radical (unpaired) electrons. The highest BCUT2D eigenvalue weighted by Crippen LogP contribution is 2.33. The average molecular weight is 510 g/mol. The van der Waals surface area contributed by atoms with E-state index in [9.17, 15) is 23.4 Å². The van der Waals surface area contributed by atoms with E-state index in [1.807, 2.05) is 13.8 Å². The number of rotatable bonds is 12. The lowest BCUT2D eigenvalue weighted by atomic mass is 10.0. The summed E-state index contributed by atoms with van der Waals surface area (Å²) in [6.07, 6.45) is 0.824. The number of aliphatic carboxylic acids is 1. The first-order chi connectivity index (χ1) is 16.3. The number of carboxylic acid groups (broad SMARTS) is 1. The van der Waals surface area contributed by atoms with Gasteiger partial charge in [0.2, 0.25) is 21.9 Å². The molecule has 192 valence electrons. The average Bonchev–Trinajstić information content (AvgIpc) is 2.75. The highest BCUT2D eigenvalue weighted by atomic mass is 32.2. The van der Waals surface area contributed by atoms with Crippen molar-refractivity contribution in [2.24, 2.45) is 0 Å². The minimum absolute atomic E-state index is 0.0389. The number of anilines is 1. The molecular weight excluding hydrogens is 478 g/mol. The van der Waals surface area contributed by atoms with E-state index in [1.54, 1.807) is 24.3 Å². The predicted octanol–water partition coefficient (Wildman–Crippen LogP) is 2.40. The molecule has 0 spiro atoms. The lowest BCUT2D eigenvalue weighted by molar-refractivity contribution is -0.139. The number of aliphatic hydroxyl groups excluding tert-OH is 2. The van der Waals surface area contributed by atoms with Gasteiger partial charge in [0.1, 0.15) is 11.5 Å². The molecule has 0 bridgehead atoms. The van der Waals surface area contributed by atoms with Gasteiger partial charge < -0.3 is 24.8 Å². The van der Waals surface area contributed by atoms with Crippen molar-refractivity contribution in [3.05, 3.63) is 41.6 Å². The van der Waals surface area contributed by atoms with E-state index in [0.717, 1.165) is 10.6 Å². The second-order valence-corrected chi connectivity index (χ2v) is 10.2. The molecule has 2 atom stereocenters. The van der Waals surface area contributed by atoms with E-state index in [-0.39, 0.29) is 24.2 Å².